The van der Waals surface area contributed by atoms with Crippen molar-refractivity contribution in [2.45, 2.75) is 38.7 Å². The Hall–Kier alpha value is -2.81. The van der Waals surface area contributed by atoms with Crippen molar-refractivity contribution in [3.8, 4) is 11.4 Å². The second kappa shape index (κ2) is 7.18. The Labute approximate surface area is 140 Å². The highest BCUT2D eigenvalue weighted by Crippen LogP contribution is 2.33. The normalized spacial score (nSPS) is 14.3. The molecule has 1 fully saturated rings. The molecule has 0 radical (unpaired) electrons. The zero-order valence-electron chi connectivity index (χ0n) is 13.6. The Morgan fingerprint density at radius 3 is 2.92 bits per heavy atom. The number of nitrogens with zero attached hydrogens (tertiary/aromatic N) is 3. The van der Waals surface area contributed by atoms with Crippen LogP contribution in [0.5, 0.6) is 5.75 Å². The van der Waals surface area contributed by atoms with Gasteiger partial charge >= 0.3 is 5.97 Å². The van der Waals surface area contributed by atoms with E-state index in [1.54, 1.807) is 29.9 Å². The lowest BCUT2D eigenvalue weighted by atomic mass is 10.2. The highest BCUT2D eigenvalue weighted by atomic mass is 16.5. The van der Waals surface area contributed by atoms with Crippen LogP contribution in [0.25, 0.3) is 10.5 Å². The van der Waals surface area contributed by atoms with Gasteiger partial charge in [0.2, 0.25) is 5.69 Å². The molecule has 0 amide bonds. The van der Waals surface area contributed by atoms with E-state index in [9.17, 15) is 4.79 Å². The molecule has 124 valence electrons. The Morgan fingerprint density at radius 2 is 2.21 bits per heavy atom. The zero-order valence-corrected chi connectivity index (χ0v) is 13.6. The maximum Gasteiger partial charge on any atom is 0.341 e. The zero-order chi connectivity index (χ0) is 16.9. The van der Waals surface area contributed by atoms with Crippen molar-refractivity contribution >= 4 is 11.7 Å². The van der Waals surface area contributed by atoms with Gasteiger partial charge in [-0.05, 0) is 50.8 Å². The van der Waals surface area contributed by atoms with Gasteiger partial charge in [-0.2, -0.15) is 5.10 Å². The minimum absolute atomic E-state index is 0.205. The molecule has 1 aliphatic rings. The molecule has 2 aromatic rings. The highest BCUT2D eigenvalue weighted by molar-refractivity contribution is 5.88. The molecule has 0 N–H and O–H groups in total. The molecule has 3 rings (SSSR count). The molecule has 6 nitrogen and oxygen atoms in total. The van der Waals surface area contributed by atoms with Crippen LogP contribution in [0.15, 0.2) is 30.6 Å². The Bertz CT molecular complexity index is 770. The van der Waals surface area contributed by atoms with Crippen molar-refractivity contribution in [2.24, 2.45) is 0 Å². The first-order valence-corrected chi connectivity index (χ1v) is 8.11. The lowest BCUT2D eigenvalue weighted by Crippen LogP contribution is -2.11. The van der Waals surface area contributed by atoms with Gasteiger partial charge in [-0.3, -0.25) is 0 Å². The number of ether oxygens (including phenoxy) is 2. The van der Waals surface area contributed by atoms with Crippen LogP contribution in [-0.4, -0.2) is 28.5 Å². The van der Waals surface area contributed by atoms with Crippen LogP contribution in [0.3, 0.4) is 0 Å². The monoisotopic (exact) mass is 325 g/mol. The van der Waals surface area contributed by atoms with Gasteiger partial charge in [0, 0.05) is 6.20 Å². The molecular formula is C18H19N3O3. The van der Waals surface area contributed by atoms with E-state index >= 15 is 0 Å². The molecule has 0 unspecified atom stereocenters. The summed E-state index contributed by atoms with van der Waals surface area (Å²) in [5.74, 6) is 0.203. The minimum Gasteiger partial charge on any atom is -0.501 e. The summed E-state index contributed by atoms with van der Waals surface area (Å²) in [7, 11) is 0. The summed E-state index contributed by atoms with van der Waals surface area (Å²) >= 11 is 0. The van der Waals surface area contributed by atoms with Crippen molar-refractivity contribution in [3.05, 3.63) is 47.6 Å². The van der Waals surface area contributed by atoms with Crippen LogP contribution < -0.4 is 4.74 Å². The number of esters is 1. The van der Waals surface area contributed by atoms with E-state index < -0.39 is 5.97 Å². The fourth-order valence-corrected chi connectivity index (χ4v) is 2.80. The molecule has 0 atom stereocenters. The molecule has 1 aromatic carbocycles. The summed E-state index contributed by atoms with van der Waals surface area (Å²) in [6, 6.07) is 5.35. The lowest BCUT2D eigenvalue weighted by Gasteiger charge is -2.15. The third-order valence-electron chi connectivity index (χ3n) is 4.02. The molecule has 0 saturated heterocycles. The van der Waals surface area contributed by atoms with Crippen LogP contribution in [0, 0.1) is 6.57 Å². The summed E-state index contributed by atoms with van der Waals surface area (Å²) < 4.78 is 12.5. The van der Waals surface area contributed by atoms with Gasteiger partial charge in [0.25, 0.3) is 0 Å². The molecule has 1 heterocycles. The van der Waals surface area contributed by atoms with Gasteiger partial charge in [-0.1, -0.05) is 0 Å². The quantitative estimate of drug-likeness (QED) is 0.617. The van der Waals surface area contributed by atoms with Crippen LogP contribution in [0.2, 0.25) is 0 Å². The largest absolute Gasteiger partial charge is 0.501 e. The van der Waals surface area contributed by atoms with E-state index in [1.807, 2.05) is 6.07 Å². The molecule has 6 heteroatoms. The number of aromatic nitrogens is 2. The maximum atomic E-state index is 11.7. The van der Waals surface area contributed by atoms with Crippen molar-refractivity contribution in [1.29, 1.82) is 0 Å². The number of benzene rings is 1. The standard InChI is InChI=1S/C18H19N3O3/c1-3-23-18(22)13-11-20-21(12-13)14-8-9-17(16(10-14)19-2)24-15-6-4-5-7-15/h8-12,15H,3-7H2,1H3. The third kappa shape index (κ3) is 3.40. The summed E-state index contributed by atoms with van der Waals surface area (Å²) in [6.07, 6.45) is 7.70. The van der Waals surface area contributed by atoms with Gasteiger partial charge < -0.3 is 9.47 Å². The van der Waals surface area contributed by atoms with Crippen molar-refractivity contribution in [2.75, 3.05) is 6.61 Å². The molecule has 1 aromatic heterocycles. The predicted molar refractivity (Wildman–Crippen MR) is 88.7 cm³/mol. The highest BCUT2D eigenvalue weighted by Gasteiger charge is 2.18. The van der Waals surface area contributed by atoms with E-state index in [0.29, 0.717) is 29.3 Å². The molecule has 0 bridgehead atoms. The third-order valence-corrected chi connectivity index (χ3v) is 4.02. The van der Waals surface area contributed by atoms with Gasteiger partial charge in [0.05, 0.1) is 36.7 Å². The molecule has 24 heavy (non-hydrogen) atoms. The summed E-state index contributed by atoms with van der Waals surface area (Å²) in [4.78, 5) is 15.3. The molecule has 1 aliphatic carbocycles. The fraction of sp³-hybridized carbons (Fsp3) is 0.389. The maximum absolute atomic E-state index is 11.7. The average Bonchev–Trinajstić information content (AvgIpc) is 3.27. The number of carbonyl (C=O) groups is 1. The summed E-state index contributed by atoms with van der Waals surface area (Å²) in [5, 5.41) is 4.17. The van der Waals surface area contributed by atoms with Crippen LogP contribution in [0.1, 0.15) is 43.0 Å². The van der Waals surface area contributed by atoms with E-state index in [1.165, 1.54) is 19.0 Å². The van der Waals surface area contributed by atoms with Gasteiger partial charge in [0.1, 0.15) is 5.75 Å². The Morgan fingerprint density at radius 1 is 1.42 bits per heavy atom. The van der Waals surface area contributed by atoms with Crippen LogP contribution in [-0.2, 0) is 4.74 Å². The minimum atomic E-state index is -0.407. The number of hydrogen-bond donors (Lipinski definition) is 0. The fourth-order valence-electron chi connectivity index (χ4n) is 2.80. The molecule has 1 saturated carbocycles. The number of hydrogen-bond acceptors (Lipinski definition) is 4. The van der Waals surface area contributed by atoms with E-state index in [4.69, 9.17) is 16.0 Å². The van der Waals surface area contributed by atoms with Gasteiger partial charge in [-0.15, -0.1) is 0 Å². The van der Waals surface area contributed by atoms with Crippen molar-refractivity contribution in [1.82, 2.24) is 9.78 Å². The van der Waals surface area contributed by atoms with Crippen molar-refractivity contribution < 1.29 is 14.3 Å². The van der Waals surface area contributed by atoms with Crippen LogP contribution >= 0.6 is 0 Å². The first kappa shape index (κ1) is 16.1. The van der Waals surface area contributed by atoms with E-state index in [2.05, 4.69) is 9.94 Å². The summed E-state index contributed by atoms with van der Waals surface area (Å²) in [5.41, 5.74) is 1.54. The predicted octanol–water partition coefficient (Wildman–Crippen LogP) is 3.92. The molecular weight excluding hydrogens is 306 g/mol. The second-order valence-corrected chi connectivity index (χ2v) is 5.68. The number of rotatable bonds is 5. The van der Waals surface area contributed by atoms with Crippen molar-refractivity contribution in [3.63, 3.8) is 0 Å². The Kier molecular flexibility index (Phi) is 4.80. The van der Waals surface area contributed by atoms with Gasteiger partial charge in [-0.25, -0.2) is 14.3 Å². The Balaban J connectivity index is 1.81. The summed E-state index contributed by atoms with van der Waals surface area (Å²) in [6.45, 7) is 9.46. The SMILES string of the molecule is [C-]#[N+]c1cc(-n2cc(C(=O)OCC)cn2)ccc1OC1CCCC1. The lowest BCUT2D eigenvalue weighted by molar-refractivity contribution is 0.0526. The number of carbonyl (C=O) groups excluding carboxylic acids is 1. The van der Waals surface area contributed by atoms with Crippen LogP contribution in [0.4, 0.5) is 5.69 Å². The average molecular weight is 325 g/mol. The second-order valence-electron chi connectivity index (χ2n) is 5.68. The van der Waals surface area contributed by atoms with E-state index in [0.717, 1.165) is 12.8 Å². The van der Waals surface area contributed by atoms with E-state index in [-0.39, 0.29) is 6.10 Å². The first-order chi connectivity index (χ1) is 11.7. The van der Waals surface area contributed by atoms with Gasteiger partial charge in [0.15, 0.2) is 0 Å². The first-order valence-electron chi connectivity index (χ1n) is 8.11. The molecule has 0 aliphatic heterocycles. The topological polar surface area (TPSA) is 57.7 Å². The molecule has 0 spiro atoms. The smallest absolute Gasteiger partial charge is 0.341 e.